The average Bonchev–Trinajstić information content (AvgIpc) is 2.98. The Kier molecular flexibility index (Phi) is 4.77. The highest BCUT2D eigenvalue weighted by atomic mass is 16.5. The molecule has 0 aromatic heterocycles. The van der Waals surface area contributed by atoms with Gasteiger partial charge in [-0.3, -0.25) is 4.79 Å². The molecule has 118 valence electrons. The van der Waals surface area contributed by atoms with Crippen molar-refractivity contribution < 1.29 is 9.53 Å². The maximum atomic E-state index is 12.1. The van der Waals surface area contributed by atoms with Crippen LogP contribution in [0.1, 0.15) is 36.1 Å². The lowest BCUT2D eigenvalue weighted by molar-refractivity contribution is -0.117. The summed E-state index contributed by atoms with van der Waals surface area (Å²) in [5, 5.41) is 3.09. The van der Waals surface area contributed by atoms with Crippen LogP contribution in [0.2, 0.25) is 0 Å². The van der Waals surface area contributed by atoms with E-state index in [1.807, 2.05) is 43.3 Å². The zero-order valence-electron chi connectivity index (χ0n) is 13.3. The second-order valence-corrected chi connectivity index (χ2v) is 5.63. The summed E-state index contributed by atoms with van der Waals surface area (Å²) >= 11 is 0. The summed E-state index contributed by atoms with van der Waals surface area (Å²) in [5.74, 6) is 0.789. The molecule has 0 saturated carbocycles. The monoisotopic (exact) mass is 307 g/mol. The van der Waals surface area contributed by atoms with Crippen LogP contribution in [0, 0.1) is 0 Å². The van der Waals surface area contributed by atoms with Crippen molar-refractivity contribution in [3.8, 4) is 5.75 Å². The highest BCUT2D eigenvalue weighted by molar-refractivity contribution is 5.92. The van der Waals surface area contributed by atoms with Gasteiger partial charge in [0.15, 0.2) is 0 Å². The molecule has 0 fully saturated rings. The number of rotatable bonds is 5. The first-order valence-electron chi connectivity index (χ1n) is 8.05. The third-order valence-electron chi connectivity index (χ3n) is 4.07. The van der Waals surface area contributed by atoms with Gasteiger partial charge in [-0.25, -0.2) is 0 Å². The van der Waals surface area contributed by atoms with E-state index in [2.05, 4.69) is 23.5 Å². The van der Waals surface area contributed by atoms with Crippen LogP contribution in [0.5, 0.6) is 5.75 Å². The number of aryl methyl sites for hydroxylation is 1. The van der Waals surface area contributed by atoms with Crippen molar-refractivity contribution in [3.05, 3.63) is 71.3 Å². The molecule has 3 nitrogen and oxygen atoms in total. The Labute approximate surface area is 137 Å². The molecule has 3 heteroatoms. The Balaban J connectivity index is 1.59. The fourth-order valence-electron chi connectivity index (χ4n) is 2.94. The predicted octanol–water partition coefficient (Wildman–Crippen LogP) is 3.90. The fourth-order valence-corrected chi connectivity index (χ4v) is 2.94. The first-order valence-corrected chi connectivity index (χ1v) is 8.05. The Bertz CT molecular complexity index is 704. The minimum atomic E-state index is -0.0550. The van der Waals surface area contributed by atoms with Crippen LogP contribution in [-0.4, -0.2) is 12.5 Å². The van der Waals surface area contributed by atoms with Crippen molar-refractivity contribution in [1.82, 2.24) is 5.32 Å². The third-order valence-corrected chi connectivity index (χ3v) is 4.07. The molecule has 0 aliphatic heterocycles. The summed E-state index contributed by atoms with van der Waals surface area (Å²) in [4.78, 5) is 12.1. The Morgan fingerprint density at radius 1 is 1.22 bits per heavy atom. The van der Waals surface area contributed by atoms with Crippen molar-refractivity contribution in [2.24, 2.45) is 0 Å². The minimum absolute atomic E-state index is 0.0550. The molecule has 0 saturated heterocycles. The van der Waals surface area contributed by atoms with E-state index in [4.69, 9.17) is 4.74 Å². The number of fused-ring (bicyclic) bond motifs is 1. The quantitative estimate of drug-likeness (QED) is 0.851. The molecule has 1 amide bonds. The maximum Gasteiger partial charge on any atom is 0.244 e. The van der Waals surface area contributed by atoms with E-state index in [0.717, 1.165) is 24.2 Å². The van der Waals surface area contributed by atoms with Gasteiger partial charge < -0.3 is 10.1 Å². The molecule has 0 radical (unpaired) electrons. The van der Waals surface area contributed by atoms with Crippen LogP contribution in [0.15, 0.2) is 54.6 Å². The van der Waals surface area contributed by atoms with E-state index in [1.165, 1.54) is 11.1 Å². The molecular weight excluding hydrogens is 286 g/mol. The molecule has 2 aromatic rings. The number of hydrogen-bond acceptors (Lipinski definition) is 2. The van der Waals surface area contributed by atoms with Crippen LogP contribution >= 0.6 is 0 Å². The number of benzene rings is 2. The minimum Gasteiger partial charge on any atom is -0.494 e. The van der Waals surface area contributed by atoms with Crippen LogP contribution in [0.25, 0.3) is 6.08 Å². The van der Waals surface area contributed by atoms with Crippen molar-refractivity contribution in [3.63, 3.8) is 0 Å². The Morgan fingerprint density at radius 2 is 2.00 bits per heavy atom. The molecule has 3 rings (SSSR count). The van der Waals surface area contributed by atoms with E-state index in [9.17, 15) is 4.79 Å². The van der Waals surface area contributed by atoms with E-state index >= 15 is 0 Å². The van der Waals surface area contributed by atoms with Crippen LogP contribution in [0.4, 0.5) is 0 Å². The van der Waals surface area contributed by atoms with Gasteiger partial charge in [0.05, 0.1) is 12.6 Å². The zero-order valence-corrected chi connectivity index (χ0v) is 13.3. The lowest BCUT2D eigenvalue weighted by Crippen LogP contribution is -2.25. The fraction of sp³-hybridized carbons (Fsp3) is 0.250. The highest BCUT2D eigenvalue weighted by Crippen LogP contribution is 2.30. The molecule has 23 heavy (non-hydrogen) atoms. The molecule has 0 bridgehead atoms. The number of nitrogens with one attached hydrogen (secondary N) is 1. The number of ether oxygens (including phenoxy) is 1. The topological polar surface area (TPSA) is 38.3 Å². The normalized spacial score (nSPS) is 16.3. The molecule has 2 aromatic carbocycles. The summed E-state index contributed by atoms with van der Waals surface area (Å²) < 4.78 is 5.41. The first kappa shape index (κ1) is 15.3. The molecule has 0 heterocycles. The lowest BCUT2D eigenvalue weighted by Gasteiger charge is -2.12. The summed E-state index contributed by atoms with van der Waals surface area (Å²) in [6, 6.07) is 16.2. The maximum absolute atomic E-state index is 12.1. The SMILES string of the molecule is CCOc1ccc(/C=C/C(=O)NC2CCc3ccccc32)cc1. The summed E-state index contributed by atoms with van der Waals surface area (Å²) in [7, 11) is 0. The number of carbonyl (C=O) groups excluding carboxylic acids is 1. The summed E-state index contributed by atoms with van der Waals surface area (Å²) in [6.07, 6.45) is 5.42. The second kappa shape index (κ2) is 7.14. The van der Waals surface area contributed by atoms with Gasteiger partial charge in [0, 0.05) is 6.08 Å². The van der Waals surface area contributed by atoms with Crippen LogP contribution in [0.3, 0.4) is 0 Å². The summed E-state index contributed by atoms with van der Waals surface area (Å²) in [6.45, 7) is 2.61. The smallest absolute Gasteiger partial charge is 0.244 e. The molecule has 1 N–H and O–H groups in total. The van der Waals surface area contributed by atoms with Gasteiger partial charge in [0.2, 0.25) is 5.91 Å². The van der Waals surface area contributed by atoms with Crippen molar-refractivity contribution in [2.75, 3.05) is 6.61 Å². The van der Waals surface area contributed by atoms with Gasteiger partial charge in [-0.1, -0.05) is 36.4 Å². The number of carbonyl (C=O) groups is 1. The molecular formula is C20H21NO2. The van der Waals surface area contributed by atoms with Gasteiger partial charge in [-0.15, -0.1) is 0 Å². The van der Waals surface area contributed by atoms with Crippen molar-refractivity contribution >= 4 is 12.0 Å². The van der Waals surface area contributed by atoms with Gasteiger partial charge in [0.25, 0.3) is 0 Å². The standard InChI is InChI=1S/C20H21NO2/c1-2-23-17-11-7-15(8-12-17)9-14-20(22)21-19-13-10-16-5-3-4-6-18(16)19/h3-9,11-12,14,19H,2,10,13H2,1H3,(H,21,22)/b14-9+. The van der Waals surface area contributed by atoms with Crippen molar-refractivity contribution in [1.29, 1.82) is 0 Å². The molecule has 1 aliphatic rings. The highest BCUT2D eigenvalue weighted by Gasteiger charge is 2.22. The van der Waals surface area contributed by atoms with Gasteiger partial charge in [0.1, 0.15) is 5.75 Å². The lowest BCUT2D eigenvalue weighted by atomic mass is 10.1. The van der Waals surface area contributed by atoms with Gasteiger partial charge in [-0.2, -0.15) is 0 Å². The Hall–Kier alpha value is -2.55. The van der Waals surface area contributed by atoms with E-state index < -0.39 is 0 Å². The van der Waals surface area contributed by atoms with E-state index in [0.29, 0.717) is 6.61 Å². The second-order valence-electron chi connectivity index (χ2n) is 5.63. The van der Waals surface area contributed by atoms with Gasteiger partial charge in [-0.05, 0) is 54.7 Å². The number of amides is 1. The average molecular weight is 307 g/mol. The Morgan fingerprint density at radius 3 is 2.78 bits per heavy atom. The first-order chi connectivity index (χ1) is 11.3. The zero-order chi connectivity index (χ0) is 16.1. The van der Waals surface area contributed by atoms with Gasteiger partial charge >= 0.3 is 0 Å². The van der Waals surface area contributed by atoms with E-state index in [1.54, 1.807) is 6.08 Å². The van der Waals surface area contributed by atoms with Crippen LogP contribution < -0.4 is 10.1 Å². The predicted molar refractivity (Wildman–Crippen MR) is 92.3 cm³/mol. The van der Waals surface area contributed by atoms with E-state index in [-0.39, 0.29) is 11.9 Å². The molecule has 0 spiro atoms. The third kappa shape index (κ3) is 3.81. The summed E-state index contributed by atoms with van der Waals surface area (Å²) in [5.41, 5.74) is 3.57. The van der Waals surface area contributed by atoms with Crippen molar-refractivity contribution in [2.45, 2.75) is 25.8 Å². The van der Waals surface area contributed by atoms with Crippen LogP contribution in [-0.2, 0) is 11.2 Å². The molecule has 1 atom stereocenters. The molecule has 1 unspecified atom stereocenters. The largest absolute Gasteiger partial charge is 0.494 e. The number of hydrogen-bond donors (Lipinski definition) is 1. The molecule has 1 aliphatic carbocycles.